The summed E-state index contributed by atoms with van der Waals surface area (Å²) in [6.07, 6.45) is 4.95. The molecule has 6 nitrogen and oxygen atoms in total. The number of fused-ring (bicyclic) bond motifs is 2. The van der Waals surface area contributed by atoms with E-state index in [4.69, 9.17) is 9.72 Å². The van der Waals surface area contributed by atoms with E-state index in [1.807, 2.05) is 11.0 Å². The molecule has 0 bridgehead atoms. The summed E-state index contributed by atoms with van der Waals surface area (Å²) in [4.78, 5) is 11.3. The van der Waals surface area contributed by atoms with E-state index in [9.17, 15) is 0 Å². The van der Waals surface area contributed by atoms with Crippen molar-refractivity contribution in [3.05, 3.63) is 77.1 Å². The van der Waals surface area contributed by atoms with Gasteiger partial charge in [0.25, 0.3) is 0 Å². The Labute approximate surface area is 250 Å². The van der Waals surface area contributed by atoms with Crippen molar-refractivity contribution in [2.24, 2.45) is 0 Å². The monoisotopic (exact) mass is 770 g/mol. The number of hydrogen-bond acceptors (Lipinski definition) is 5. The van der Waals surface area contributed by atoms with Crippen molar-refractivity contribution in [2.75, 3.05) is 44.9 Å². The summed E-state index contributed by atoms with van der Waals surface area (Å²) >= 11 is 1.11. The SMILES string of the molecule is CC1C[I-]2(CCC2)C(I)c2ccc(Nc3ncc4ccn(-c5cc(F)c(CN6CCOCC6)c(F)c5)c4n3)cc21. The van der Waals surface area contributed by atoms with Crippen LogP contribution in [0.1, 0.15) is 37.9 Å². The van der Waals surface area contributed by atoms with Crippen molar-refractivity contribution < 1.29 is 32.0 Å². The van der Waals surface area contributed by atoms with Gasteiger partial charge in [-0.05, 0) is 0 Å². The van der Waals surface area contributed by atoms with E-state index < -0.39 is 30.1 Å². The first kappa shape index (κ1) is 27.0. The number of anilines is 2. The van der Waals surface area contributed by atoms with Crippen molar-refractivity contribution in [1.29, 1.82) is 0 Å². The molecule has 0 amide bonds. The summed E-state index contributed by atoms with van der Waals surface area (Å²) in [6, 6.07) is 11.3. The number of nitrogens with one attached hydrogen (secondary N) is 1. The van der Waals surface area contributed by atoms with Gasteiger partial charge in [0, 0.05) is 25.2 Å². The number of hydrogen-bond donors (Lipinski definition) is 1. The van der Waals surface area contributed by atoms with E-state index in [1.165, 1.54) is 43.0 Å². The Morgan fingerprint density at radius 2 is 1.85 bits per heavy atom. The predicted molar refractivity (Wildman–Crippen MR) is 159 cm³/mol. The quantitative estimate of drug-likeness (QED) is 0.250. The van der Waals surface area contributed by atoms with Crippen LogP contribution in [0.4, 0.5) is 20.4 Å². The molecule has 1 N–H and O–H groups in total. The standard InChI is InChI=1S/C30H32F2I2N5O/c1-19-16-34(6-2-7-34)28(33)23-4-3-21(13-24(19)23)36-30-35-17-20-5-8-39(29(20)37-30)22-14-26(31)25(27(32)15-22)18-38-9-11-40-12-10-38/h3-5,8,13-15,17,19,28H,2,6-7,9-12,16,18H2,1H3,(H,35,36,37)/q-1. The van der Waals surface area contributed by atoms with Crippen LogP contribution in [0.15, 0.2) is 48.8 Å². The maximum absolute atomic E-state index is 15.1. The predicted octanol–water partition coefficient (Wildman–Crippen LogP) is 3.39. The average molecular weight is 770 g/mol. The third-order valence-corrected chi connectivity index (χ3v) is 27.7. The number of aromatic nitrogens is 3. The number of benzene rings is 2. The molecule has 4 aromatic rings. The summed E-state index contributed by atoms with van der Waals surface area (Å²) in [5.74, 6) is -0.0595. The Morgan fingerprint density at radius 1 is 1.07 bits per heavy atom. The zero-order valence-corrected chi connectivity index (χ0v) is 26.7. The Morgan fingerprint density at radius 3 is 2.58 bits per heavy atom. The molecule has 2 saturated heterocycles. The summed E-state index contributed by atoms with van der Waals surface area (Å²) in [7, 11) is 0. The fraction of sp³-hybridized carbons (Fsp3) is 0.400. The van der Waals surface area contributed by atoms with Gasteiger partial charge in [-0.3, -0.25) is 4.90 Å². The van der Waals surface area contributed by atoms with Crippen molar-refractivity contribution in [2.45, 2.75) is 27.7 Å². The normalized spacial score (nSPS) is 23.1. The second-order valence-electron chi connectivity index (χ2n) is 11.0. The van der Waals surface area contributed by atoms with Gasteiger partial charge in [-0.15, -0.1) is 0 Å². The second-order valence-corrected chi connectivity index (χ2v) is 24.8. The first-order valence-corrected chi connectivity index (χ1v) is 20.8. The molecular weight excluding hydrogens is 738 g/mol. The summed E-state index contributed by atoms with van der Waals surface area (Å²) in [5, 5.41) is 4.19. The molecule has 2 aromatic carbocycles. The minimum absolute atomic E-state index is 0.0844. The molecule has 3 aliphatic rings. The van der Waals surface area contributed by atoms with Gasteiger partial charge in [-0.1, -0.05) is 0 Å². The van der Waals surface area contributed by atoms with Crippen molar-refractivity contribution in [1.82, 2.24) is 19.4 Å². The topological polar surface area (TPSA) is 55.2 Å². The molecule has 0 aliphatic carbocycles. The van der Waals surface area contributed by atoms with Crippen molar-refractivity contribution in [3.8, 4) is 5.69 Å². The first-order valence-electron chi connectivity index (χ1n) is 13.7. The summed E-state index contributed by atoms with van der Waals surface area (Å²) < 4.78 is 42.5. The molecule has 3 aliphatic heterocycles. The van der Waals surface area contributed by atoms with Gasteiger partial charge in [0.15, 0.2) is 0 Å². The number of halogens is 4. The van der Waals surface area contributed by atoms with Crippen molar-refractivity contribution >= 4 is 45.3 Å². The van der Waals surface area contributed by atoms with Crippen LogP contribution in [0.25, 0.3) is 16.7 Å². The third-order valence-electron chi connectivity index (χ3n) is 8.39. The van der Waals surface area contributed by atoms with E-state index in [0.29, 0.717) is 49.5 Å². The molecule has 7 rings (SSSR count). The van der Waals surface area contributed by atoms with Gasteiger partial charge >= 0.3 is 184 Å². The Kier molecular flexibility index (Phi) is 7.24. The number of nitrogens with zero attached hydrogens (tertiary/aromatic N) is 4. The zero-order valence-electron chi connectivity index (χ0n) is 22.3. The fourth-order valence-corrected chi connectivity index (χ4v) is 21.4. The second kappa shape index (κ2) is 10.7. The molecule has 212 valence electrons. The molecule has 2 unspecified atom stereocenters. The Bertz CT molecular complexity index is 1560. The van der Waals surface area contributed by atoms with Gasteiger partial charge in [0.05, 0.1) is 13.2 Å². The zero-order chi connectivity index (χ0) is 27.4. The number of ether oxygens (including phenoxy) is 1. The van der Waals surface area contributed by atoms with Crippen LogP contribution in [0.3, 0.4) is 0 Å². The van der Waals surface area contributed by atoms with Gasteiger partial charge in [0.2, 0.25) is 0 Å². The molecule has 5 heterocycles. The Hall–Kier alpha value is -1.90. The molecule has 2 fully saturated rings. The van der Waals surface area contributed by atoms with Gasteiger partial charge < -0.3 is 4.74 Å². The van der Waals surface area contributed by atoms with E-state index in [-0.39, 0.29) is 12.1 Å². The van der Waals surface area contributed by atoms with Gasteiger partial charge in [-0.25, -0.2) is 8.78 Å². The molecule has 0 saturated carbocycles. The van der Waals surface area contributed by atoms with Crippen LogP contribution in [0.5, 0.6) is 0 Å². The maximum atomic E-state index is 15.1. The van der Waals surface area contributed by atoms with Gasteiger partial charge in [0.1, 0.15) is 11.6 Å². The molecule has 1 spiro atoms. The molecule has 40 heavy (non-hydrogen) atoms. The number of rotatable bonds is 5. The van der Waals surface area contributed by atoms with E-state index in [2.05, 4.69) is 58.0 Å². The average Bonchev–Trinajstić information content (AvgIpc) is 3.35. The fourth-order valence-electron chi connectivity index (χ4n) is 6.15. The van der Waals surface area contributed by atoms with E-state index in [1.54, 1.807) is 17.0 Å². The molecule has 2 atom stereocenters. The van der Waals surface area contributed by atoms with E-state index >= 15 is 8.78 Å². The van der Waals surface area contributed by atoms with Crippen LogP contribution in [-0.4, -0.2) is 59.0 Å². The number of alkyl halides is 5. The molecule has 0 radical (unpaired) electrons. The summed E-state index contributed by atoms with van der Waals surface area (Å²) in [5.41, 5.74) is 5.01. The molecule has 10 heteroatoms. The first-order chi connectivity index (χ1) is 19.4. The number of morpholine rings is 1. The summed E-state index contributed by atoms with van der Waals surface area (Å²) in [6.45, 7) is 5.11. The minimum atomic E-state index is -1.63. The Balaban J connectivity index is 1.16. The molecular formula is C30H32F2I2N5O-. The van der Waals surface area contributed by atoms with Crippen LogP contribution in [0.2, 0.25) is 0 Å². The van der Waals surface area contributed by atoms with E-state index in [0.717, 1.165) is 13.0 Å². The van der Waals surface area contributed by atoms with Crippen molar-refractivity contribution in [3.63, 3.8) is 0 Å². The van der Waals surface area contributed by atoms with Gasteiger partial charge in [-0.2, -0.15) is 0 Å². The third kappa shape index (κ3) is 4.82. The van der Waals surface area contributed by atoms with Crippen LogP contribution < -0.4 is 23.8 Å². The van der Waals surface area contributed by atoms with Crippen LogP contribution in [-0.2, 0) is 11.3 Å². The van der Waals surface area contributed by atoms with Crippen LogP contribution >= 0.6 is 22.6 Å². The molecule has 2 aromatic heterocycles. The van der Waals surface area contributed by atoms with Crippen LogP contribution in [0, 0.1) is 11.6 Å².